The highest BCUT2D eigenvalue weighted by Gasteiger charge is 1.93. The first kappa shape index (κ1) is 12.1. The smallest absolute Gasteiger partial charge is 0.106 e. The first-order valence-electron chi connectivity index (χ1n) is 4.81. The van der Waals surface area contributed by atoms with Crippen molar-refractivity contribution in [1.29, 1.82) is 0 Å². The Hall–Kier alpha value is -2.00. The third kappa shape index (κ3) is 3.00. The van der Waals surface area contributed by atoms with Crippen molar-refractivity contribution in [3.8, 4) is 0 Å². The molecule has 0 radical (unpaired) electrons. The second kappa shape index (κ2) is 6.48. The van der Waals surface area contributed by atoms with Gasteiger partial charge in [-0.3, -0.25) is 4.98 Å². The van der Waals surface area contributed by atoms with Crippen molar-refractivity contribution < 1.29 is 9.90 Å². The van der Waals surface area contributed by atoms with Crippen LogP contribution in [0.15, 0.2) is 42.6 Å². The van der Waals surface area contributed by atoms with E-state index >= 15 is 0 Å². The zero-order chi connectivity index (χ0) is 11.8. The Morgan fingerprint density at radius 1 is 1.31 bits per heavy atom. The third-order valence-corrected chi connectivity index (χ3v) is 2.03. The van der Waals surface area contributed by atoms with Gasteiger partial charge >= 0.3 is 0 Å². The van der Waals surface area contributed by atoms with Crippen LogP contribution in [-0.4, -0.2) is 23.5 Å². The molecule has 82 valence electrons. The van der Waals surface area contributed by atoms with Gasteiger partial charge in [0, 0.05) is 11.6 Å². The average molecular weight is 215 g/mol. The Balaban J connectivity index is 0.000000606. The number of fused-ring (bicyclic) bond motifs is 1. The third-order valence-electron chi connectivity index (χ3n) is 2.03. The number of pyridine rings is 1. The molecule has 0 saturated carbocycles. The van der Waals surface area contributed by atoms with E-state index in [9.17, 15) is 0 Å². The maximum atomic E-state index is 8.63. The number of hydrogen-bond acceptors (Lipinski definition) is 3. The van der Waals surface area contributed by atoms with E-state index in [0.29, 0.717) is 0 Å². The van der Waals surface area contributed by atoms with Crippen LogP contribution in [0.4, 0.5) is 0 Å². The van der Waals surface area contributed by atoms with Crippen LogP contribution in [0.1, 0.15) is 5.56 Å². The Morgan fingerprint density at radius 3 is 2.81 bits per heavy atom. The minimum atomic E-state index is 0.0623. The minimum absolute atomic E-state index is 0.0623. The molecule has 0 unspecified atom stereocenters. The molecule has 0 atom stereocenters. The fourth-order valence-corrected chi connectivity index (χ4v) is 1.37. The molecule has 1 heterocycles. The zero-order valence-electron chi connectivity index (χ0n) is 8.84. The Kier molecular flexibility index (Phi) is 4.89. The number of aliphatic hydroxyl groups is 1. The van der Waals surface area contributed by atoms with Gasteiger partial charge in [0.15, 0.2) is 0 Å². The van der Waals surface area contributed by atoms with E-state index in [1.165, 1.54) is 0 Å². The van der Waals surface area contributed by atoms with E-state index in [1.54, 1.807) is 12.3 Å². The number of para-hydroxylation sites is 1. The van der Waals surface area contributed by atoms with Gasteiger partial charge in [-0.15, -0.1) is 0 Å². The first-order valence-corrected chi connectivity index (χ1v) is 4.81. The van der Waals surface area contributed by atoms with E-state index in [2.05, 4.69) is 11.1 Å². The molecule has 0 bridgehead atoms. The summed E-state index contributed by atoms with van der Waals surface area (Å²) in [7, 11) is 0. The molecule has 0 aliphatic rings. The number of carbonyl (C=O) groups is 1. The van der Waals surface area contributed by atoms with Crippen molar-refractivity contribution in [3.63, 3.8) is 0 Å². The quantitative estimate of drug-likeness (QED) is 0.834. The lowest BCUT2D eigenvalue weighted by molar-refractivity contribution is -0.0979. The molecule has 0 aliphatic carbocycles. The number of aliphatic hydroxyl groups excluding tert-OH is 1. The summed E-state index contributed by atoms with van der Waals surface area (Å²) in [5.74, 6) is 0. The number of carbonyl (C=O) groups excluding carboxylic acids is 1. The van der Waals surface area contributed by atoms with Gasteiger partial charge in [-0.05, 0) is 17.7 Å². The van der Waals surface area contributed by atoms with Gasteiger partial charge in [-0.1, -0.05) is 30.4 Å². The van der Waals surface area contributed by atoms with Crippen LogP contribution in [0.5, 0.6) is 0 Å². The fourth-order valence-electron chi connectivity index (χ4n) is 1.37. The minimum Gasteiger partial charge on any atom is -0.392 e. The second-order valence-electron chi connectivity index (χ2n) is 3.05. The largest absolute Gasteiger partial charge is 0.392 e. The van der Waals surface area contributed by atoms with Crippen LogP contribution >= 0.6 is 0 Å². The van der Waals surface area contributed by atoms with Crippen LogP contribution in [0, 0.1) is 0 Å². The molecule has 3 nitrogen and oxygen atoms in total. The highest BCUT2D eigenvalue weighted by molar-refractivity contribution is 5.80. The summed E-state index contributed by atoms with van der Waals surface area (Å²) in [5.41, 5.74) is 2.01. The second-order valence-corrected chi connectivity index (χ2v) is 3.05. The highest BCUT2D eigenvalue weighted by Crippen LogP contribution is 2.13. The van der Waals surface area contributed by atoms with Crippen LogP contribution in [-0.2, 0) is 4.79 Å². The number of nitrogens with zero attached hydrogens (tertiary/aromatic N) is 1. The number of hydrogen-bond donors (Lipinski definition) is 1. The van der Waals surface area contributed by atoms with Crippen molar-refractivity contribution in [2.75, 3.05) is 6.61 Å². The number of aromatic nitrogens is 1. The lowest BCUT2D eigenvalue weighted by Crippen LogP contribution is -1.80. The lowest BCUT2D eigenvalue weighted by Gasteiger charge is -1.97. The standard InChI is InChI=1S/C12H11NO.CH2O/c14-7-3-4-10-8-11-5-1-2-6-12(11)13-9-10;1-2/h1-6,8-9,14H,7H2;1H2/b4-3-;. The molecule has 0 spiro atoms. The van der Waals surface area contributed by atoms with Gasteiger partial charge in [-0.25, -0.2) is 0 Å². The van der Waals surface area contributed by atoms with Gasteiger partial charge < -0.3 is 9.90 Å². The molecule has 1 aromatic heterocycles. The van der Waals surface area contributed by atoms with Crippen molar-refractivity contribution in [2.24, 2.45) is 0 Å². The maximum absolute atomic E-state index is 8.63. The molecule has 2 rings (SSSR count). The molecule has 1 N–H and O–H groups in total. The van der Waals surface area contributed by atoms with Crippen molar-refractivity contribution in [3.05, 3.63) is 48.2 Å². The van der Waals surface area contributed by atoms with Crippen LogP contribution < -0.4 is 0 Å². The Morgan fingerprint density at radius 2 is 2.06 bits per heavy atom. The molecule has 0 saturated heterocycles. The van der Waals surface area contributed by atoms with Gasteiger partial charge in [0.2, 0.25) is 0 Å². The van der Waals surface area contributed by atoms with E-state index in [4.69, 9.17) is 9.90 Å². The van der Waals surface area contributed by atoms with E-state index in [0.717, 1.165) is 16.5 Å². The molecule has 0 amide bonds. The molecular weight excluding hydrogens is 202 g/mol. The zero-order valence-corrected chi connectivity index (χ0v) is 8.84. The van der Waals surface area contributed by atoms with E-state index in [1.807, 2.05) is 37.1 Å². The summed E-state index contributed by atoms with van der Waals surface area (Å²) in [4.78, 5) is 12.3. The van der Waals surface area contributed by atoms with Crippen molar-refractivity contribution in [2.45, 2.75) is 0 Å². The SMILES string of the molecule is C=O.OC/C=C\c1cnc2ccccc2c1. The van der Waals surface area contributed by atoms with Gasteiger partial charge in [0.25, 0.3) is 0 Å². The van der Waals surface area contributed by atoms with Gasteiger partial charge in [-0.2, -0.15) is 0 Å². The lowest BCUT2D eigenvalue weighted by atomic mass is 10.1. The van der Waals surface area contributed by atoms with Crippen LogP contribution in [0.2, 0.25) is 0 Å². The Bertz CT molecular complexity index is 480. The molecule has 0 fully saturated rings. The predicted molar refractivity (Wildman–Crippen MR) is 65.0 cm³/mol. The van der Waals surface area contributed by atoms with Gasteiger partial charge in [0.1, 0.15) is 6.79 Å². The average Bonchev–Trinajstić information content (AvgIpc) is 2.38. The first-order chi connectivity index (χ1) is 7.90. The number of benzene rings is 1. The topological polar surface area (TPSA) is 50.2 Å². The summed E-state index contributed by atoms with van der Waals surface area (Å²) in [6, 6.07) is 10.0. The molecule has 2 aromatic rings. The molecule has 3 heteroatoms. The predicted octanol–water partition coefficient (Wildman–Crippen LogP) is 2.06. The number of rotatable bonds is 2. The van der Waals surface area contributed by atoms with Crippen LogP contribution in [0.3, 0.4) is 0 Å². The van der Waals surface area contributed by atoms with E-state index < -0.39 is 0 Å². The summed E-state index contributed by atoms with van der Waals surface area (Å²) in [6.07, 6.45) is 5.36. The fraction of sp³-hybridized carbons (Fsp3) is 0.0769. The van der Waals surface area contributed by atoms with Crippen molar-refractivity contribution in [1.82, 2.24) is 4.98 Å². The van der Waals surface area contributed by atoms with E-state index in [-0.39, 0.29) is 6.61 Å². The monoisotopic (exact) mass is 215 g/mol. The van der Waals surface area contributed by atoms with Crippen molar-refractivity contribution >= 4 is 23.8 Å². The highest BCUT2D eigenvalue weighted by atomic mass is 16.2. The molecule has 16 heavy (non-hydrogen) atoms. The normalized spacial score (nSPS) is 10.1. The molecular formula is C13H13NO2. The maximum Gasteiger partial charge on any atom is 0.106 e. The van der Waals surface area contributed by atoms with Crippen LogP contribution in [0.25, 0.3) is 17.0 Å². The Labute approximate surface area is 94.1 Å². The summed E-state index contributed by atoms with van der Waals surface area (Å²) in [5, 5.41) is 9.75. The summed E-state index contributed by atoms with van der Waals surface area (Å²) >= 11 is 0. The van der Waals surface area contributed by atoms with Gasteiger partial charge in [0.05, 0.1) is 12.1 Å². The summed E-state index contributed by atoms with van der Waals surface area (Å²) in [6.45, 7) is 2.06. The molecule has 0 aliphatic heterocycles. The molecule has 1 aromatic carbocycles. The summed E-state index contributed by atoms with van der Waals surface area (Å²) < 4.78 is 0.